The monoisotopic (exact) mass is 370 g/mol. The molecule has 2 bridgehead atoms. The molecule has 2 aromatic heterocycles. The molecule has 3 fully saturated rings. The molecule has 0 N–H and O–H groups in total. The van der Waals surface area contributed by atoms with Gasteiger partial charge in [-0.3, -0.25) is 14.6 Å². The first-order chi connectivity index (χ1) is 12.7. The Bertz CT molecular complexity index is 765. The predicted octanol–water partition coefficient (Wildman–Crippen LogP) is 2.12. The van der Waals surface area contributed by atoms with Crippen LogP contribution in [0.25, 0.3) is 0 Å². The van der Waals surface area contributed by atoms with E-state index in [1.54, 1.807) is 29.2 Å². The van der Waals surface area contributed by atoms with Crippen LogP contribution in [0.3, 0.4) is 0 Å². The average molecular weight is 370 g/mol. The van der Waals surface area contributed by atoms with Gasteiger partial charge in [-0.1, -0.05) is 0 Å². The first kappa shape index (κ1) is 17.1. The summed E-state index contributed by atoms with van der Waals surface area (Å²) in [7, 11) is 0. The van der Waals surface area contributed by atoms with Crippen molar-refractivity contribution in [2.24, 2.45) is 5.92 Å². The van der Waals surface area contributed by atoms with Crippen molar-refractivity contribution in [3.05, 3.63) is 46.7 Å². The molecule has 0 saturated carbocycles. The van der Waals surface area contributed by atoms with Crippen molar-refractivity contribution in [3.63, 3.8) is 0 Å². The van der Waals surface area contributed by atoms with Gasteiger partial charge in [-0.25, -0.2) is 4.98 Å². The van der Waals surface area contributed by atoms with Gasteiger partial charge in [0.25, 0.3) is 0 Å². The van der Waals surface area contributed by atoms with Crippen molar-refractivity contribution in [1.29, 1.82) is 0 Å². The molecular weight excluding hydrogens is 348 g/mol. The van der Waals surface area contributed by atoms with Crippen molar-refractivity contribution in [3.8, 4) is 0 Å². The van der Waals surface area contributed by atoms with Gasteiger partial charge in [0.05, 0.1) is 23.7 Å². The van der Waals surface area contributed by atoms with Crippen molar-refractivity contribution >= 4 is 23.2 Å². The lowest BCUT2D eigenvalue weighted by Crippen LogP contribution is -2.47. The predicted molar refractivity (Wildman–Crippen MR) is 98.3 cm³/mol. The SMILES string of the molecule is O=C(CCc1ccncc1)N1CC2CCC(C1)N(Cc1cscn1)C2=O. The highest BCUT2D eigenvalue weighted by Gasteiger charge is 2.41. The molecule has 0 aromatic carbocycles. The second-order valence-corrected chi connectivity index (χ2v) is 7.75. The molecule has 6 nitrogen and oxygen atoms in total. The Morgan fingerprint density at radius 1 is 1.23 bits per heavy atom. The minimum Gasteiger partial charge on any atom is -0.340 e. The molecule has 0 aliphatic carbocycles. The molecule has 2 unspecified atom stereocenters. The number of nitrogens with zero attached hydrogens (tertiary/aromatic N) is 4. The molecule has 7 heteroatoms. The van der Waals surface area contributed by atoms with Gasteiger partial charge in [-0.05, 0) is 37.0 Å². The van der Waals surface area contributed by atoms with E-state index in [0.29, 0.717) is 32.5 Å². The number of hydrogen-bond donors (Lipinski definition) is 0. The Balaban J connectivity index is 1.42. The fourth-order valence-electron chi connectivity index (χ4n) is 3.90. The summed E-state index contributed by atoms with van der Waals surface area (Å²) in [5.74, 6) is 0.248. The number of carbonyl (C=O) groups is 2. The molecule has 2 atom stereocenters. The van der Waals surface area contributed by atoms with Crippen LogP contribution < -0.4 is 0 Å². The molecule has 5 rings (SSSR count). The number of piperidine rings is 1. The molecule has 3 aliphatic rings. The summed E-state index contributed by atoms with van der Waals surface area (Å²) in [5.41, 5.74) is 3.85. The van der Waals surface area contributed by atoms with Crippen LogP contribution in [-0.2, 0) is 22.6 Å². The number of amides is 2. The largest absolute Gasteiger partial charge is 0.340 e. The Hall–Kier alpha value is -2.28. The second kappa shape index (κ2) is 7.53. The third kappa shape index (κ3) is 3.62. The van der Waals surface area contributed by atoms with Crippen LogP contribution in [0.4, 0.5) is 0 Å². The van der Waals surface area contributed by atoms with Gasteiger partial charge in [0.1, 0.15) is 0 Å². The molecule has 26 heavy (non-hydrogen) atoms. The Labute approximate surface area is 156 Å². The summed E-state index contributed by atoms with van der Waals surface area (Å²) in [5, 5.41) is 1.99. The van der Waals surface area contributed by atoms with E-state index in [-0.39, 0.29) is 23.8 Å². The van der Waals surface area contributed by atoms with Crippen LogP contribution in [0.15, 0.2) is 35.4 Å². The third-order valence-electron chi connectivity index (χ3n) is 5.34. The lowest BCUT2D eigenvalue weighted by Gasteiger charge is -2.35. The Morgan fingerprint density at radius 2 is 2.08 bits per heavy atom. The Morgan fingerprint density at radius 3 is 2.85 bits per heavy atom. The maximum absolute atomic E-state index is 12.8. The molecular formula is C19H22N4O2S. The number of hydrogen-bond acceptors (Lipinski definition) is 5. The van der Waals surface area contributed by atoms with E-state index in [1.807, 2.05) is 27.3 Å². The summed E-state index contributed by atoms with van der Waals surface area (Å²) < 4.78 is 0. The van der Waals surface area contributed by atoms with E-state index in [1.165, 1.54) is 0 Å². The molecule has 136 valence electrons. The third-order valence-corrected chi connectivity index (χ3v) is 5.97. The summed E-state index contributed by atoms with van der Waals surface area (Å²) in [4.78, 5) is 37.8. The van der Waals surface area contributed by atoms with Crippen molar-refractivity contribution < 1.29 is 9.59 Å². The summed E-state index contributed by atoms with van der Waals surface area (Å²) in [6.45, 7) is 1.75. The quantitative estimate of drug-likeness (QED) is 0.809. The molecule has 3 aliphatic heterocycles. The van der Waals surface area contributed by atoms with Crippen molar-refractivity contribution in [1.82, 2.24) is 19.8 Å². The highest BCUT2D eigenvalue weighted by Crippen LogP contribution is 2.30. The minimum absolute atomic E-state index is 0.0720. The fraction of sp³-hybridized carbons (Fsp3) is 0.474. The zero-order valence-corrected chi connectivity index (χ0v) is 15.4. The van der Waals surface area contributed by atoms with Gasteiger partial charge in [-0.15, -0.1) is 11.3 Å². The van der Waals surface area contributed by atoms with E-state index in [0.717, 1.165) is 24.1 Å². The molecule has 3 saturated heterocycles. The van der Waals surface area contributed by atoms with E-state index >= 15 is 0 Å². The average Bonchev–Trinajstić information content (AvgIpc) is 3.03. The number of rotatable bonds is 5. The normalized spacial score (nSPS) is 22.5. The van der Waals surface area contributed by atoms with Gasteiger partial charge in [0, 0.05) is 43.3 Å². The first-order valence-electron chi connectivity index (χ1n) is 9.05. The molecule has 2 aromatic rings. The van der Waals surface area contributed by atoms with Gasteiger partial charge in [-0.2, -0.15) is 0 Å². The molecule has 2 amide bonds. The van der Waals surface area contributed by atoms with Crippen LogP contribution >= 0.6 is 11.3 Å². The molecule has 5 heterocycles. The molecule has 0 spiro atoms. The van der Waals surface area contributed by atoms with Crippen LogP contribution in [0.1, 0.15) is 30.5 Å². The van der Waals surface area contributed by atoms with Crippen LogP contribution in [-0.4, -0.2) is 50.7 Å². The second-order valence-electron chi connectivity index (χ2n) is 7.03. The number of pyridine rings is 1. The number of thiazole rings is 1. The van der Waals surface area contributed by atoms with Gasteiger partial charge in [0.2, 0.25) is 11.8 Å². The number of aryl methyl sites for hydroxylation is 1. The van der Waals surface area contributed by atoms with Crippen LogP contribution in [0.5, 0.6) is 0 Å². The summed E-state index contributed by atoms with van der Waals surface area (Å²) in [6, 6.07) is 3.99. The minimum atomic E-state index is -0.0720. The van der Waals surface area contributed by atoms with Gasteiger partial charge < -0.3 is 9.80 Å². The zero-order valence-electron chi connectivity index (χ0n) is 14.6. The van der Waals surface area contributed by atoms with E-state index in [9.17, 15) is 9.59 Å². The molecule has 0 radical (unpaired) electrons. The highest BCUT2D eigenvalue weighted by molar-refractivity contribution is 7.07. The van der Waals surface area contributed by atoms with Crippen LogP contribution in [0.2, 0.25) is 0 Å². The van der Waals surface area contributed by atoms with E-state index < -0.39 is 0 Å². The van der Waals surface area contributed by atoms with E-state index in [2.05, 4.69) is 9.97 Å². The fourth-order valence-corrected chi connectivity index (χ4v) is 4.45. The van der Waals surface area contributed by atoms with Crippen LogP contribution in [0, 0.1) is 5.92 Å². The van der Waals surface area contributed by atoms with Crippen molar-refractivity contribution in [2.75, 3.05) is 13.1 Å². The lowest BCUT2D eigenvalue weighted by atomic mass is 9.94. The number of aromatic nitrogens is 2. The maximum Gasteiger partial charge on any atom is 0.228 e. The highest BCUT2D eigenvalue weighted by atomic mass is 32.1. The zero-order chi connectivity index (χ0) is 17.9. The number of carbonyl (C=O) groups excluding carboxylic acids is 2. The van der Waals surface area contributed by atoms with Gasteiger partial charge >= 0.3 is 0 Å². The number of fused-ring (bicyclic) bond motifs is 4. The summed E-state index contributed by atoms with van der Waals surface area (Å²) >= 11 is 1.55. The van der Waals surface area contributed by atoms with Crippen molar-refractivity contribution in [2.45, 2.75) is 38.3 Å². The Kier molecular flexibility index (Phi) is 4.97. The standard InChI is InChI=1S/C19H22N4O2S/c24-18(4-1-14-5-7-20-8-6-14)22-9-15-2-3-17(11-22)23(19(15)25)10-16-12-26-13-21-16/h5-8,12-13,15,17H,1-4,9-11H2. The topological polar surface area (TPSA) is 66.4 Å². The van der Waals surface area contributed by atoms with Gasteiger partial charge in [0.15, 0.2) is 0 Å². The van der Waals surface area contributed by atoms with E-state index in [4.69, 9.17) is 0 Å². The first-order valence-corrected chi connectivity index (χ1v) is 9.99. The lowest BCUT2D eigenvalue weighted by molar-refractivity contribution is -0.140. The maximum atomic E-state index is 12.8. The smallest absolute Gasteiger partial charge is 0.228 e. The summed E-state index contributed by atoms with van der Waals surface area (Å²) in [6.07, 6.45) is 6.54.